The number of amides is 3. The number of anilines is 3. The van der Waals surface area contributed by atoms with Gasteiger partial charge in [0.2, 0.25) is 11.9 Å². The second-order valence-electron chi connectivity index (χ2n) is 7.87. The molecule has 0 spiro atoms. The first-order valence-electron chi connectivity index (χ1n) is 10.7. The molecule has 1 aliphatic heterocycles. The molecule has 174 valence electrons. The lowest BCUT2D eigenvalue weighted by atomic mass is 9.82. The number of nitrogen functional groups attached to an aromatic ring is 1. The van der Waals surface area contributed by atoms with E-state index in [1.165, 1.54) is 24.3 Å². The minimum atomic E-state index is -1.40. The van der Waals surface area contributed by atoms with Gasteiger partial charge in [0, 0.05) is 5.69 Å². The van der Waals surface area contributed by atoms with E-state index in [1.807, 2.05) is 36.4 Å². The van der Waals surface area contributed by atoms with Gasteiger partial charge in [-0.2, -0.15) is 15.0 Å². The van der Waals surface area contributed by atoms with Crippen molar-refractivity contribution in [2.75, 3.05) is 11.1 Å². The summed E-state index contributed by atoms with van der Waals surface area (Å²) in [6.07, 6.45) is 0. The van der Waals surface area contributed by atoms with Crippen LogP contribution in [0.15, 0.2) is 84.9 Å². The van der Waals surface area contributed by atoms with Crippen molar-refractivity contribution < 1.29 is 14.0 Å². The molecule has 4 N–H and O–H groups in total. The number of rotatable bonds is 6. The molecule has 0 atom stereocenters. The highest BCUT2D eigenvalue weighted by atomic mass is 19.1. The number of halogens is 1. The number of carbonyl (C=O) groups excluding carboxylic acids is 2. The third kappa shape index (κ3) is 4.12. The maximum Gasteiger partial charge on any atom is 0.325 e. The summed E-state index contributed by atoms with van der Waals surface area (Å²) in [4.78, 5) is 40.4. The Morgan fingerprint density at radius 2 is 1.46 bits per heavy atom. The van der Waals surface area contributed by atoms with Gasteiger partial charge in [0.15, 0.2) is 11.4 Å². The van der Waals surface area contributed by atoms with Crippen molar-refractivity contribution in [3.05, 3.63) is 108 Å². The van der Waals surface area contributed by atoms with Crippen molar-refractivity contribution in [2.24, 2.45) is 0 Å². The molecule has 5 rings (SSSR count). The van der Waals surface area contributed by atoms with Crippen LogP contribution in [0.3, 0.4) is 0 Å². The van der Waals surface area contributed by atoms with Gasteiger partial charge in [-0.1, -0.05) is 60.7 Å². The van der Waals surface area contributed by atoms with Crippen LogP contribution < -0.4 is 16.4 Å². The van der Waals surface area contributed by atoms with E-state index in [9.17, 15) is 14.0 Å². The van der Waals surface area contributed by atoms with Gasteiger partial charge < -0.3 is 16.4 Å². The van der Waals surface area contributed by atoms with Crippen molar-refractivity contribution in [2.45, 2.75) is 12.1 Å². The number of urea groups is 1. The summed E-state index contributed by atoms with van der Waals surface area (Å²) in [5, 5.41) is 5.79. The first kappa shape index (κ1) is 22.0. The number of nitrogens with zero attached hydrogens (tertiary/aromatic N) is 4. The topological polar surface area (TPSA) is 126 Å². The second kappa shape index (κ2) is 8.82. The minimum Gasteiger partial charge on any atom is -0.368 e. The number of nitrogens with two attached hydrogens (primary N) is 1. The Kier molecular flexibility index (Phi) is 5.54. The number of benzene rings is 3. The van der Waals surface area contributed by atoms with Gasteiger partial charge in [-0.05, 0) is 35.4 Å². The molecule has 3 aromatic carbocycles. The van der Waals surface area contributed by atoms with Crippen LogP contribution in [0.5, 0.6) is 0 Å². The number of nitrogens with one attached hydrogen (secondary N) is 2. The van der Waals surface area contributed by atoms with Gasteiger partial charge in [-0.25, -0.2) is 9.18 Å². The number of aromatic nitrogens is 3. The SMILES string of the molecule is Nc1nc(CN2C(=O)NC(c3ccccc3)(c3ccccc3)C2=O)nc(Nc2ccc(F)cc2)n1. The fraction of sp³-hybridized carbons (Fsp3) is 0.0800. The number of carbonyl (C=O) groups is 2. The predicted octanol–water partition coefficient (Wildman–Crippen LogP) is 3.33. The first-order chi connectivity index (χ1) is 17.0. The molecule has 1 fully saturated rings. The average molecular weight is 469 g/mol. The molecule has 0 saturated carbocycles. The summed E-state index contributed by atoms with van der Waals surface area (Å²) < 4.78 is 13.2. The quantitative estimate of drug-likeness (QED) is 0.370. The van der Waals surface area contributed by atoms with Crippen LogP contribution >= 0.6 is 0 Å². The second-order valence-corrected chi connectivity index (χ2v) is 7.87. The zero-order valence-electron chi connectivity index (χ0n) is 18.4. The molecule has 9 nitrogen and oxygen atoms in total. The largest absolute Gasteiger partial charge is 0.368 e. The standard InChI is InChI=1S/C25H20FN7O2/c26-18-11-13-19(14-12-18)28-23-30-20(29-22(27)31-23)15-33-21(34)25(32-24(33)35,16-7-3-1-4-8-16)17-9-5-2-6-10-17/h1-14H,15H2,(H,32,35)(H3,27,28,29,30,31). The normalized spacial score (nSPS) is 14.6. The Morgan fingerprint density at radius 1 is 0.857 bits per heavy atom. The maximum absolute atomic E-state index is 13.8. The van der Waals surface area contributed by atoms with E-state index in [-0.39, 0.29) is 30.1 Å². The molecule has 2 heterocycles. The minimum absolute atomic E-state index is 0.0935. The summed E-state index contributed by atoms with van der Waals surface area (Å²) in [7, 11) is 0. The van der Waals surface area contributed by atoms with E-state index in [1.54, 1.807) is 24.3 Å². The summed E-state index contributed by atoms with van der Waals surface area (Å²) in [5.74, 6) is -0.729. The van der Waals surface area contributed by atoms with Gasteiger partial charge in [0.1, 0.15) is 5.82 Å². The summed E-state index contributed by atoms with van der Waals surface area (Å²) in [6, 6.07) is 23.1. The summed E-state index contributed by atoms with van der Waals surface area (Å²) >= 11 is 0. The zero-order valence-corrected chi connectivity index (χ0v) is 18.4. The lowest BCUT2D eigenvalue weighted by molar-refractivity contribution is -0.130. The van der Waals surface area contributed by atoms with E-state index in [2.05, 4.69) is 25.6 Å². The molecule has 10 heteroatoms. The Labute approximate surface area is 199 Å². The maximum atomic E-state index is 13.8. The molecular weight excluding hydrogens is 449 g/mol. The van der Waals surface area contributed by atoms with Crippen LogP contribution in [0.25, 0.3) is 0 Å². The van der Waals surface area contributed by atoms with Gasteiger partial charge in [0.25, 0.3) is 5.91 Å². The Morgan fingerprint density at radius 3 is 2.06 bits per heavy atom. The van der Waals surface area contributed by atoms with E-state index < -0.39 is 17.5 Å². The van der Waals surface area contributed by atoms with Crippen molar-refractivity contribution in [1.29, 1.82) is 0 Å². The van der Waals surface area contributed by atoms with E-state index in [4.69, 9.17) is 5.73 Å². The molecule has 0 aliphatic carbocycles. The molecule has 1 saturated heterocycles. The van der Waals surface area contributed by atoms with Crippen molar-refractivity contribution in [1.82, 2.24) is 25.2 Å². The number of hydrogen-bond acceptors (Lipinski definition) is 7. The zero-order chi connectivity index (χ0) is 24.4. The highest BCUT2D eigenvalue weighted by Crippen LogP contribution is 2.36. The number of imide groups is 1. The third-order valence-corrected chi connectivity index (χ3v) is 5.62. The molecule has 0 bridgehead atoms. The van der Waals surface area contributed by atoms with E-state index in [0.717, 1.165) is 4.90 Å². The van der Waals surface area contributed by atoms with Gasteiger partial charge >= 0.3 is 6.03 Å². The lowest BCUT2D eigenvalue weighted by Gasteiger charge is -2.28. The van der Waals surface area contributed by atoms with Gasteiger partial charge in [-0.3, -0.25) is 9.69 Å². The molecule has 4 aromatic rings. The molecule has 0 radical (unpaired) electrons. The van der Waals surface area contributed by atoms with Crippen LogP contribution in [0.2, 0.25) is 0 Å². The highest BCUT2D eigenvalue weighted by Gasteiger charge is 2.53. The number of hydrogen-bond donors (Lipinski definition) is 3. The Bertz CT molecular complexity index is 1340. The smallest absolute Gasteiger partial charge is 0.325 e. The highest BCUT2D eigenvalue weighted by molar-refractivity contribution is 6.09. The van der Waals surface area contributed by atoms with E-state index >= 15 is 0 Å². The molecule has 1 aliphatic rings. The Balaban J connectivity index is 1.47. The van der Waals surface area contributed by atoms with E-state index in [0.29, 0.717) is 16.8 Å². The van der Waals surface area contributed by atoms with Crippen molar-refractivity contribution in [3.63, 3.8) is 0 Å². The van der Waals surface area contributed by atoms with Crippen molar-refractivity contribution in [3.8, 4) is 0 Å². The van der Waals surface area contributed by atoms with Crippen LogP contribution in [0, 0.1) is 5.82 Å². The predicted molar refractivity (Wildman–Crippen MR) is 127 cm³/mol. The average Bonchev–Trinajstić information content (AvgIpc) is 3.12. The van der Waals surface area contributed by atoms with Gasteiger partial charge in [0.05, 0.1) is 6.54 Å². The first-order valence-corrected chi connectivity index (χ1v) is 10.7. The molecule has 35 heavy (non-hydrogen) atoms. The van der Waals surface area contributed by atoms with Gasteiger partial charge in [-0.15, -0.1) is 0 Å². The van der Waals surface area contributed by atoms with Crippen LogP contribution in [0.4, 0.5) is 26.8 Å². The van der Waals surface area contributed by atoms with Crippen molar-refractivity contribution >= 4 is 29.5 Å². The summed E-state index contributed by atoms with van der Waals surface area (Å²) in [6.45, 7) is -0.225. The lowest BCUT2D eigenvalue weighted by Crippen LogP contribution is -2.45. The van der Waals surface area contributed by atoms with Crippen LogP contribution in [0.1, 0.15) is 17.0 Å². The molecule has 0 unspecified atom stereocenters. The molecule has 3 amide bonds. The fourth-order valence-corrected chi connectivity index (χ4v) is 4.02. The monoisotopic (exact) mass is 469 g/mol. The fourth-order valence-electron chi connectivity index (χ4n) is 4.02. The third-order valence-electron chi connectivity index (χ3n) is 5.62. The molecular formula is C25H20FN7O2. The van der Waals surface area contributed by atoms with Crippen LogP contribution in [-0.4, -0.2) is 31.8 Å². The van der Waals surface area contributed by atoms with Crippen LogP contribution in [-0.2, 0) is 16.9 Å². The summed E-state index contributed by atoms with van der Waals surface area (Å²) in [5.41, 5.74) is 6.24. The molecule has 1 aromatic heterocycles. The Hall–Kier alpha value is -4.86.